The van der Waals surface area contributed by atoms with E-state index in [9.17, 15) is 4.79 Å². The van der Waals surface area contributed by atoms with Crippen molar-refractivity contribution in [2.24, 2.45) is 0 Å². The molecule has 0 aliphatic heterocycles. The maximum Gasteiger partial charge on any atom is 0.142 e. The first-order valence-electron chi connectivity index (χ1n) is 5.67. The van der Waals surface area contributed by atoms with Gasteiger partial charge in [-0.3, -0.25) is 0 Å². The Balaban J connectivity index is 2.43. The van der Waals surface area contributed by atoms with Crippen molar-refractivity contribution >= 4 is 17.7 Å². The smallest absolute Gasteiger partial charge is 0.142 e. The Bertz CT molecular complexity index is 427. The lowest BCUT2D eigenvalue weighted by Gasteiger charge is -2.28. The van der Waals surface area contributed by atoms with Crippen LogP contribution in [0.3, 0.4) is 0 Å². The molecule has 0 spiro atoms. The van der Waals surface area contributed by atoms with Crippen LogP contribution in [-0.4, -0.2) is 12.3 Å². The topological polar surface area (TPSA) is 20.3 Å². The molecule has 0 saturated carbocycles. The molecule has 1 unspecified atom stereocenters. The monoisotopic (exact) mass is 225 g/mol. The second-order valence-corrected chi connectivity index (χ2v) is 3.92. The van der Waals surface area contributed by atoms with Gasteiger partial charge in [-0.1, -0.05) is 36.4 Å². The molecular formula is C15H15NO. The summed E-state index contributed by atoms with van der Waals surface area (Å²) in [5.41, 5.74) is 2.05. The molecule has 2 heteroatoms. The average Bonchev–Trinajstić information content (AvgIpc) is 2.41. The molecular weight excluding hydrogens is 210 g/mol. The molecule has 0 aliphatic rings. The van der Waals surface area contributed by atoms with Crippen LogP contribution in [0.5, 0.6) is 0 Å². The van der Waals surface area contributed by atoms with Crippen LogP contribution in [0.4, 0.5) is 11.4 Å². The highest BCUT2D eigenvalue weighted by Crippen LogP contribution is 2.26. The third kappa shape index (κ3) is 2.53. The van der Waals surface area contributed by atoms with Crippen LogP contribution in [0.2, 0.25) is 0 Å². The molecule has 86 valence electrons. The van der Waals surface area contributed by atoms with Gasteiger partial charge in [0, 0.05) is 11.4 Å². The Morgan fingerprint density at radius 1 is 0.882 bits per heavy atom. The second kappa shape index (κ2) is 5.30. The predicted octanol–water partition coefficient (Wildman–Crippen LogP) is 3.41. The summed E-state index contributed by atoms with van der Waals surface area (Å²) in [6, 6.07) is 19.7. The molecule has 1 atom stereocenters. The molecule has 0 N–H and O–H groups in total. The minimum atomic E-state index is -0.181. The Morgan fingerprint density at radius 3 is 1.65 bits per heavy atom. The molecule has 0 saturated heterocycles. The van der Waals surface area contributed by atoms with Gasteiger partial charge in [-0.2, -0.15) is 0 Å². The summed E-state index contributed by atoms with van der Waals surface area (Å²) in [6.07, 6.45) is 0.958. The summed E-state index contributed by atoms with van der Waals surface area (Å²) in [5, 5.41) is 0. The van der Waals surface area contributed by atoms with Crippen molar-refractivity contribution < 1.29 is 4.79 Å². The lowest BCUT2D eigenvalue weighted by atomic mass is 10.2. The van der Waals surface area contributed by atoms with Gasteiger partial charge in [0.1, 0.15) is 6.29 Å². The lowest BCUT2D eigenvalue weighted by molar-refractivity contribution is -0.108. The lowest BCUT2D eigenvalue weighted by Crippen LogP contribution is -2.29. The molecule has 0 heterocycles. The normalized spacial score (nSPS) is 11.8. The molecule has 0 radical (unpaired) electrons. The molecule has 0 fully saturated rings. The number of rotatable bonds is 4. The fourth-order valence-corrected chi connectivity index (χ4v) is 1.86. The summed E-state index contributed by atoms with van der Waals surface area (Å²) in [4.78, 5) is 13.1. The van der Waals surface area contributed by atoms with Crippen molar-refractivity contribution in [1.82, 2.24) is 0 Å². The summed E-state index contributed by atoms with van der Waals surface area (Å²) < 4.78 is 0. The van der Waals surface area contributed by atoms with E-state index in [1.165, 1.54) is 0 Å². The van der Waals surface area contributed by atoms with E-state index in [1.807, 2.05) is 72.5 Å². The van der Waals surface area contributed by atoms with E-state index in [1.54, 1.807) is 0 Å². The molecule has 2 nitrogen and oxygen atoms in total. The molecule has 2 aromatic rings. The number of carbonyl (C=O) groups excluding carboxylic acids is 1. The highest BCUT2D eigenvalue weighted by atomic mass is 16.1. The van der Waals surface area contributed by atoms with Gasteiger partial charge in [-0.15, -0.1) is 0 Å². The van der Waals surface area contributed by atoms with Crippen molar-refractivity contribution in [3.8, 4) is 0 Å². The van der Waals surface area contributed by atoms with Crippen molar-refractivity contribution in [3.05, 3.63) is 60.7 Å². The van der Waals surface area contributed by atoms with Gasteiger partial charge < -0.3 is 9.69 Å². The highest BCUT2D eigenvalue weighted by molar-refractivity contribution is 5.73. The standard InChI is InChI=1S/C15H15NO/c1-13(12-17)16(14-8-4-2-5-9-14)15-10-6-3-7-11-15/h2-13H,1H3. The summed E-state index contributed by atoms with van der Waals surface area (Å²) in [6.45, 7) is 1.90. The van der Waals surface area contributed by atoms with Gasteiger partial charge in [-0.05, 0) is 31.2 Å². The number of anilines is 2. The molecule has 17 heavy (non-hydrogen) atoms. The number of aldehydes is 1. The van der Waals surface area contributed by atoms with E-state index in [0.29, 0.717) is 0 Å². The number of hydrogen-bond donors (Lipinski definition) is 0. The van der Waals surface area contributed by atoms with Crippen LogP contribution < -0.4 is 4.90 Å². The first-order valence-corrected chi connectivity index (χ1v) is 5.67. The Labute approximate surface area is 102 Å². The van der Waals surface area contributed by atoms with Crippen LogP contribution in [0.1, 0.15) is 6.92 Å². The Hall–Kier alpha value is -2.09. The molecule has 0 amide bonds. The van der Waals surface area contributed by atoms with Gasteiger partial charge in [0.25, 0.3) is 0 Å². The number of carbonyl (C=O) groups is 1. The summed E-state index contributed by atoms with van der Waals surface area (Å²) in [7, 11) is 0. The number of hydrogen-bond acceptors (Lipinski definition) is 2. The van der Waals surface area contributed by atoms with Crippen LogP contribution in [0.25, 0.3) is 0 Å². The van der Waals surface area contributed by atoms with Gasteiger partial charge in [-0.25, -0.2) is 0 Å². The minimum Gasteiger partial charge on any atom is -0.332 e. The van der Waals surface area contributed by atoms with Crippen LogP contribution in [-0.2, 0) is 4.79 Å². The van der Waals surface area contributed by atoms with Gasteiger partial charge in [0.05, 0.1) is 6.04 Å². The van der Waals surface area contributed by atoms with E-state index >= 15 is 0 Å². The van der Waals surface area contributed by atoms with E-state index in [-0.39, 0.29) is 6.04 Å². The third-order valence-corrected chi connectivity index (χ3v) is 2.67. The van der Waals surface area contributed by atoms with E-state index < -0.39 is 0 Å². The highest BCUT2D eigenvalue weighted by Gasteiger charge is 2.14. The Morgan fingerprint density at radius 2 is 1.29 bits per heavy atom. The number of para-hydroxylation sites is 2. The van der Waals surface area contributed by atoms with E-state index in [0.717, 1.165) is 17.7 Å². The SMILES string of the molecule is CC(C=O)N(c1ccccc1)c1ccccc1. The molecule has 0 aliphatic carbocycles. The van der Waals surface area contributed by atoms with Crippen molar-refractivity contribution in [2.75, 3.05) is 4.90 Å². The van der Waals surface area contributed by atoms with E-state index in [4.69, 9.17) is 0 Å². The first kappa shape index (κ1) is 11.4. The minimum absolute atomic E-state index is 0.181. The molecule has 2 aromatic carbocycles. The maximum atomic E-state index is 11.1. The molecule has 2 rings (SSSR count). The maximum absolute atomic E-state index is 11.1. The Kier molecular flexibility index (Phi) is 3.55. The zero-order valence-electron chi connectivity index (χ0n) is 9.78. The van der Waals surface area contributed by atoms with Crippen molar-refractivity contribution in [1.29, 1.82) is 0 Å². The second-order valence-electron chi connectivity index (χ2n) is 3.92. The number of benzene rings is 2. The summed E-state index contributed by atoms with van der Waals surface area (Å²) >= 11 is 0. The summed E-state index contributed by atoms with van der Waals surface area (Å²) in [5.74, 6) is 0. The number of nitrogens with zero attached hydrogens (tertiary/aromatic N) is 1. The molecule has 0 bridgehead atoms. The van der Waals surface area contributed by atoms with Crippen LogP contribution >= 0.6 is 0 Å². The molecule has 0 aromatic heterocycles. The van der Waals surface area contributed by atoms with Gasteiger partial charge >= 0.3 is 0 Å². The quantitative estimate of drug-likeness (QED) is 0.743. The van der Waals surface area contributed by atoms with Crippen molar-refractivity contribution in [3.63, 3.8) is 0 Å². The van der Waals surface area contributed by atoms with Gasteiger partial charge in [0.15, 0.2) is 0 Å². The van der Waals surface area contributed by atoms with E-state index in [2.05, 4.69) is 0 Å². The fourth-order valence-electron chi connectivity index (χ4n) is 1.86. The zero-order valence-corrected chi connectivity index (χ0v) is 9.78. The fraction of sp³-hybridized carbons (Fsp3) is 0.133. The van der Waals surface area contributed by atoms with Crippen LogP contribution in [0.15, 0.2) is 60.7 Å². The van der Waals surface area contributed by atoms with Crippen LogP contribution in [0, 0.1) is 0 Å². The first-order chi connectivity index (χ1) is 8.33. The average molecular weight is 225 g/mol. The largest absolute Gasteiger partial charge is 0.332 e. The zero-order chi connectivity index (χ0) is 12.1. The van der Waals surface area contributed by atoms with Gasteiger partial charge in [0.2, 0.25) is 0 Å². The third-order valence-electron chi connectivity index (χ3n) is 2.67. The predicted molar refractivity (Wildman–Crippen MR) is 70.5 cm³/mol. The van der Waals surface area contributed by atoms with Crippen molar-refractivity contribution in [2.45, 2.75) is 13.0 Å².